The van der Waals surface area contributed by atoms with Crippen molar-refractivity contribution in [1.82, 2.24) is 20.7 Å². The molecule has 9 heteroatoms. The van der Waals surface area contributed by atoms with Gasteiger partial charge < -0.3 is 5.32 Å². The van der Waals surface area contributed by atoms with Crippen molar-refractivity contribution < 1.29 is 18.0 Å². The van der Waals surface area contributed by atoms with Gasteiger partial charge in [-0.25, -0.2) is 14.8 Å². The SMILES string of the molecule is O=C(NNc1nc(C(F)(F)F)nc2ccccc12)NC1CCCCC1. The number of carbonyl (C=O) groups excluding carboxylic acids is 1. The number of benzene rings is 1. The Bertz CT molecular complexity index is 759. The summed E-state index contributed by atoms with van der Waals surface area (Å²) in [6.45, 7) is 0. The second-order valence-electron chi connectivity index (χ2n) is 5.97. The fourth-order valence-electron chi connectivity index (χ4n) is 2.88. The van der Waals surface area contributed by atoms with Crippen molar-refractivity contribution in [3.63, 3.8) is 0 Å². The lowest BCUT2D eigenvalue weighted by Gasteiger charge is -2.23. The Balaban J connectivity index is 1.74. The van der Waals surface area contributed by atoms with E-state index in [4.69, 9.17) is 0 Å². The Hall–Kier alpha value is -2.58. The van der Waals surface area contributed by atoms with E-state index in [1.165, 1.54) is 6.07 Å². The third kappa shape index (κ3) is 4.28. The molecule has 25 heavy (non-hydrogen) atoms. The molecule has 2 aromatic rings. The Kier molecular flexibility index (Phi) is 4.91. The quantitative estimate of drug-likeness (QED) is 0.737. The highest BCUT2D eigenvalue weighted by atomic mass is 19.4. The first-order chi connectivity index (χ1) is 11.9. The first kappa shape index (κ1) is 17.2. The minimum atomic E-state index is -4.68. The highest BCUT2D eigenvalue weighted by Gasteiger charge is 2.35. The highest BCUT2D eigenvalue weighted by molar-refractivity contribution is 5.89. The molecule has 0 bridgehead atoms. The molecule has 1 aromatic carbocycles. The Morgan fingerprint density at radius 2 is 1.80 bits per heavy atom. The van der Waals surface area contributed by atoms with E-state index in [0.717, 1.165) is 32.1 Å². The van der Waals surface area contributed by atoms with Gasteiger partial charge in [-0.1, -0.05) is 31.4 Å². The number of fused-ring (bicyclic) bond motifs is 1. The van der Waals surface area contributed by atoms with Crippen LogP contribution < -0.4 is 16.2 Å². The van der Waals surface area contributed by atoms with Crippen molar-refractivity contribution >= 4 is 22.8 Å². The lowest BCUT2D eigenvalue weighted by Crippen LogP contribution is -2.45. The molecule has 1 aliphatic rings. The molecule has 1 aliphatic carbocycles. The average Bonchev–Trinajstić information content (AvgIpc) is 2.59. The van der Waals surface area contributed by atoms with E-state index in [-0.39, 0.29) is 17.4 Å². The summed E-state index contributed by atoms with van der Waals surface area (Å²) >= 11 is 0. The Labute approximate surface area is 142 Å². The van der Waals surface area contributed by atoms with Crippen molar-refractivity contribution in [3.8, 4) is 0 Å². The second-order valence-corrected chi connectivity index (χ2v) is 5.97. The zero-order valence-electron chi connectivity index (χ0n) is 13.4. The van der Waals surface area contributed by atoms with Crippen molar-refractivity contribution in [2.45, 2.75) is 44.3 Å². The zero-order chi connectivity index (χ0) is 17.9. The number of nitrogens with one attached hydrogen (secondary N) is 3. The van der Waals surface area contributed by atoms with E-state index in [1.54, 1.807) is 18.2 Å². The molecule has 1 heterocycles. The van der Waals surface area contributed by atoms with E-state index in [0.29, 0.717) is 5.39 Å². The summed E-state index contributed by atoms with van der Waals surface area (Å²) in [5.74, 6) is -1.36. The molecule has 1 aromatic heterocycles. The molecule has 0 saturated heterocycles. The van der Waals surface area contributed by atoms with Gasteiger partial charge in [0.25, 0.3) is 0 Å². The topological polar surface area (TPSA) is 78.9 Å². The third-order valence-corrected chi connectivity index (χ3v) is 4.09. The lowest BCUT2D eigenvalue weighted by atomic mass is 9.96. The molecule has 0 spiro atoms. The molecular formula is C16H18F3N5O. The number of rotatable bonds is 3. The monoisotopic (exact) mass is 353 g/mol. The maximum absolute atomic E-state index is 13.0. The Morgan fingerprint density at radius 1 is 1.08 bits per heavy atom. The number of para-hydroxylation sites is 1. The highest BCUT2D eigenvalue weighted by Crippen LogP contribution is 2.29. The molecule has 134 valence electrons. The number of aromatic nitrogens is 2. The maximum Gasteiger partial charge on any atom is 0.451 e. The van der Waals surface area contributed by atoms with Crippen LogP contribution in [-0.4, -0.2) is 22.0 Å². The van der Waals surface area contributed by atoms with Crippen LogP contribution in [0.1, 0.15) is 37.9 Å². The summed E-state index contributed by atoms with van der Waals surface area (Å²) < 4.78 is 38.9. The minimum Gasteiger partial charge on any atom is -0.334 e. The van der Waals surface area contributed by atoms with Gasteiger partial charge >= 0.3 is 12.2 Å². The van der Waals surface area contributed by atoms with Crippen LogP contribution >= 0.6 is 0 Å². The molecule has 0 radical (unpaired) electrons. The van der Waals surface area contributed by atoms with Crippen molar-refractivity contribution in [2.75, 3.05) is 5.43 Å². The smallest absolute Gasteiger partial charge is 0.334 e. The number of nitrogens with zero attached hydrogens (tertiary/aromatic N) is 2. The first-order valence-corrected chi connectivity index (χ1v) is 8.10. The fraction of sp³-hybridized carbons (Fsp3) is 0.438. The van der Waals surface area contributed by atoms with Crippen LogP contribution in [0.25, 0.3) is 10.9 Å². The van der Waals surface area contributed by atoms with Crippen LogP contribution in [0.2, 0.25) is 0 Å². The normalized spacial score (nSPS) is 15.8. The maximum atomic E-state index is 13.0. The predicted molar refractivity (Wildman–Crippen MR) is 86.7 cm³/mol. The molecule has 3 rings (SSSR count). The number of urea groups is 1. The summed E-state index contributed by atoms with van der Waals surface area (Å²) in [7, 11) is 0. The molecule has 0 atom stereocenters. The van der Waals surface area contributed by atoms with Crippen LogP contribution in [0.15, 0.2) is 24.3 Å². The summed E-state index contributed by atoms with van der Waals surface area (Å²) in [5.41, 5.74) is 4.98. The van der Waals surface area contributed by atoms with E-state index in [1.807, 2.05) is 0 Å². The molecule has 6 nitrogen and oxygen atoms in total. The number of hydrogen-bond donors (Lipinski definition) is 3. The minimum absolute atomic E-state index is 0.0865. The number of hydrogen-bond acceptors (Lipinski definition) is 4. The van der Waals surface area contributed by atoms with Gasteiger partial charge in [-0.05, 0) is 25.0 Å². The number of hydrazine groups is 1. The van der Waals surface area contributed by atoms with E-state index >= 15 is 0 Å². The molecule has 3 N–H and O–H groups in total. The largest absolute Gasteiger partial charge is 0.451 e. The summed E-state index contributed by atoms with van der Waals surface area (Å²) in [6, 6.07) is 5.87. The van der Waals surface area contributed by atoms with Crippen LogP contribution in [0.4, 0.5) is 23.8 Å². The molecule has 1 fully saturated rings. The fourth-order valence-corrected chi connectivity index (χ4v) is 2.88. The van der Waals surface area contributed by atoms with Gasteiger partial charge in [-0.3, -0.25) is 10.9 Å². The first-order valence-electron chi connectivity index (χ1n) is 8.10. The van der Waals surface area contributed by atoms with Crippen molar-refractivity contribution in [3.05, 3.63) is 30.1 Å². The van der Waals surface area contributed by atoms with Crippen LogP contribution in [-0.2, 0) is 6.18 Å². The number of carbonyl (C=O) groups is 1. The molecule has 0 aliphatic heterocycles. The predicted octanol–water partition coefficient (Wildman–Crippen LogP) is 3.61. The summed E-state index contributed by atoms with van der Waals surface area (Å²) in [4.78, 5) is 19.0. The molecule has 2 amide bonds. The second kappa shape index (κ2) is 7.12. The summed E-state index contributed by atoms with van der Waals surface area (Å²) in [5, 5.41) is 3.19. The van der Waals surface area contributed by atoms with Crippen LogP contribution in [0, 0.1) is 0 Å². The van der Waals surface area contributed by atoms with Gasteiger partial charge in [0.05, 0.1) is 5.52 Å². The standard InChI is InChI=1S/C16H18F3N5O/c17-16(18,19)14-21-12-9-5-4-8-11(12)13(22-14)23-24-15(25)20-10-6-2-1-3-7-10/h4-5,8-10H,1-3,6-7H2,(H2,20,24,25)(H,21,22,23). The third-order valence-electron chi connectivity index (χ3n) is 4.09. The number of amides is 2. The van der Waals surface area contributed by atoms with Crippen molar-refractivity contribution in [1.29, 1.82) is 0 Å². The van der Waals surface area contributed by atoms with E-state index in [2.05, 4.69) is 26.1 Å². The zero-order valence-corrected chi connectivity index (χ0v) is 13.4. The number of alkyl halides is 3. The number of halogens is 3. The van der Waals surface area contributed by atoms with Gasteiger partial charge in [0.15, 0.2) is 5.82 Å². The van der Waals surface area contributed by atoms with Crippen molar-refractivity contribution in [2.24, 2.45) is 0 Å². The molecule has 1 saturated carbocycles. The molecule has 0 unspecified atom stereocenters. The van der Waals surface area contributed by atoms with Gasteiger partial charge in [0, 0.05) is 11.4 Å². The van der Waals surface area contributed by atoms with Crippen LogP contribution in [0.5, 0.6) is 0 Å². The van der Waals surface area contributed by atoms with Gasteiger partial charge in [-0.2, -0.15) is 13.2 Å². The van der Waals surface area contributed by atoms with E-state index < -0.39 is 18.0 Å². The van der Waals surface area contributed by atoms with Gasteiger partial charge in [-0.15, -0.1) is 0 Å². The Morgan fingerprint density at radius 3 is 2.52 bits per heavy atom. The lowest BCUT2D eigenvalue weighted by molar-refractivity contribution is -0.144. The van der Waals surface area contributed by atoms with Crippen LogP contribution in [0.3, 0.4) is 0 Å². The molecular weight excluding hydrogens is 335 g/mol. The van der Waals surface area contributed by atoms with E-state index in [9.17, 15) is 18.0 Å². The number of anilines is 1. The average molecular weight is 353 g/mol. The van der Waals surface area contributed by atoms with Gasteiger partial charge in [0.2, 0.25) is 5.82 Å². The summed E-state index contributed by atoms with van der Waals surface area (Å²) in [6.07, 6.45) is 0.411. The van der Waals surface area contributed by atoms with Gasteiger partial charge in [0.1, 0.15) is 0 Å².